The van der Waals surface area contributed by atoms with E-state index < -0.39 is 5.60 Å². The Morgan fingerprint density at radius 2 is 2.12 bits per heavy atom. The molecule has 0 saturated carbocycles. The molecule has 0 spiro atoms. The average Bonchev–Trinajstić information content (AvgIpc) is 2.93. The highest BCUT2D eigenvalue weighted by Crippen LogP contribution is 2.39. The molecule has 5 heteroatoms. The molecule has 1 N–H and O–H groups in total. The zero-order valence-electron chi connectivity index (χ0n) is 15.5. The Kier molecular flexibility index (Phi) is 5.63. The number of hydrogen-bond acceptors (Lipinski definition) is 4. The van der Waals surface area contributed by atoms with Gasteiger partial charge in [0.25, 0.3) is 0 Å². The summed E-state index contributed by atoms with van der Waals surface area (Å²) >= 11 is 0. The van der Waals surface area contributed by atoms with Crippen molar-refractivity contribution in [2.24, 2.45) is 11.8 Å². The number of nitrogens with zero attached hydrogens (tertiary/aromatic N) is 3. The molecule has 3 heterocycles. The molecule has 136 valence electrons. The molecule has 0 radical (unpaired) electrons. The number of likely N-dealkylation sites (tertiary alicyclic amines) is 1. The first-order valence-corrected chi connectivity index (χ1v) is 9.58. The molecule has 2 unspecified atom stereocenters. The summed E-state index contributed by atoms with van der Waals surface area (Å²) in [5.74, 6) is 0.706. The fourth-order valence-electron chi connectivity index (χ4n) is 4.49. The van der Waals surface area contributed by atoms with Gasteiger partial charge >= 0.3 is 0 Å². The third-order valence-electron chi connectivity index (χ3n) is 6.18. The van der Waals surface area contributed by atoms with Gasteiger partial charge in [0.05, 0.1) is 11.8 Å². The van der Waals surface area contributed by atoms with Crippen LogP contribution in [0.4, 0.5) is 0 Å². The molecular formula is C19H33N3O2. The second-order valence-corrected chi connectivity index (χ2v) is 7.74. The lowest BCUT2D eigenvalue weighted by Crippen LogP contribution is -2.55. The van der Waals surface area contributed by atoms with E-state index in [4.69, 9.17) is 4.74 Å². The first-order valence-electron chi connectivity index (χ1n) is 9.58. The summed E-state index contributed by atoms with van der Waals surface area (Å²) in [5, 5.41) is 15.8. The summed E-state index contributed by atoms with van der Waals surface area (Å²) in [6, 6.07) is 0. The second-order valence-electron chi connectivity index (χ2n) is 7.74. The highest BCUT2D eigenvalue weighted by Gasteiger charge is 2.45. The molecule has 1 aromatic rings. The molecule has 2 aliphatic heterocycles. The van der Waals surface area contributed by atoms with E-state index in [9.17, 15) is 5.11 Å². The Labute approximate surface area is 146 Å². The van der Waals surface area contributed by atoms with Crippen LogP contribution in [0.25, 0.3) is 0 Å². The van der Waals surface area contributed by atoms with E-state index in [1.165, 1.54) is 11.3 Å². The maximum Gasteiger partial charge on any atom is 0.0727 e. The zero-order valence-corrected chi connectivity index (χ0v) is 15.5. The molecule has 0 amide bonds. The molecule has 2 aliphatic rings. The lowest BCUT2D eigenvalue weighted by atomic mass is 9.70. The molecule has 3 rings (SSSR count). The van der Waals surface area contributed by atoms with Crippen molar-refractivity contribution in [3.8, 4) is 0 Å². The smallest absolute Gasteiger partial charge is 0.0727 e. The summed E-state index contributed by atoms with van der Waals surface area (Å²) in [5.41, 5.74) is 2.10. The summed E-state index contributed by atoms with van der Waals surface area (Å²) in [4.78, 5) is 2.48. The minimum absolute atomic E-state index is 0.306. The van der Waals surface area contributed by atoms with Crippen LogP contribution in [-0.4, -0.2) is 51.7 Å². The van der Waals surface area contributed by atoms with Gasteiger partial charge in [0.2, 0.25) is 0 Å². The third kappa shape index (κ3) is 3.53. The SMILES string of the molecule is CCCn1ncc(CN2CCC(O)(C3CCOCC3)C(C)C2)c1C. The largest absolute Gasteiger partial charge is 0.389 e. The fourth-order valence-corrected chi connectivity index (χ4v) is 4.49. The van der Waals surface area contributed by atoms with E-state index in [0.717, 1.165) is 65.1 Å². The van der Waals surface area contributed by atoms with Crippen LogP contribution in [-0.2, 0) is 17.8 Å². The van der Waals surface area contributed by atoms with Crippen LogP contribution in [0, 0.1) is 18.8 Å². The maximum absolute atomic E-state index is 11.3. The van der Waals surface area contributed by atoms with Gasteiger partial charge in [-0.15, -0.1) is 0 Å². The maximum atomic E-state index is 11.3. The molecule has 1 aromatic heterocycles. The van der Waals surface area contributed by atoms with Crippen molar-refractivity contribution in [2.45, 2.75) is 65.1 Å². The Morgan fingerprint density at radius 1 is 1.38 bits per heavy atom. The van der Waals surface area contributed by atoms with Gasteiger partial charge in [-0.2, -0.15) is 5.10 Å². The average molecular weight is 335 g/mol. The van der Waals surface area contributed by atoms with Crippen LogP contribution in [0.1, 0.15) is 50.8 Å². The number of aliphatic hydroxyl groups is 1. The van der Waals surface area contributed by atoms with E-state index in [-0.39, 0.29) is 0 Å². The topological polar surface area (TPSA) is 50.5 Å². The molecule has 0 aromatic carbocycles. The van der Waals surface area contributed by atoms with Crippen LogP contribution in [0.3, 0.4) is 0 Å². The predicted molar refractivity (Wildman–Crippen MR) is 94.8 cm³/mol. The van der Waals surface area contributed by atoms with Gasteiger partial charge in [-0.05, 0) is 44.4 Å². The summed E-state index contributed by atoms with van der Waals surface area (Å²) < 4.78 is 7.59. The number of rotatable bonds is 5. The van der Waals surface area contributed by atoms with Gasteiger partial charge < -0.3 is 9.84 Å². The van der Waals surface area contributed by atoms with Crippen molar-refractivity contribution >= 4 is 0 Å². The van der Waals surface area contributed by atoms with Crippen LogP contribution in [0.15, 0.2) is 6.20 Å². The van der Waals surface area contributed by atoms with Crippen molar-refractivity contribution in [1.82, 2.24) is 14.7 Å². The van der Waals surface area contributed by atoms with Gasteiger partial charge in [0.15, 0.2) is 0 Å². The van der Waals surface area contributed by atoms with Gasteiger partial charge in [-0.3, -0.25) is 9.58 Å². The fraction of sp³-hybridized carbons (Fsp3) is 0.842. The second kappa shape index (κ2) is 7.54. The minimum Gasteiger partial charge on any atom is -0.389 e. The molecule has 5 nitrogen and oxygen atoms in total. The lowest BCUT2D eigenvalue weighted by molar-refractivity contribution is -0.131. The van der Waals surface area contributed by atoms with Crippen LogP contribution in [0.5, 0.6) is 0 Å². The van der Waals surface area contributed by atoms with Crippen molar-refractivity contribution in [3.05, 3.63) is 17.5 Å². The van der Waals surface area contributed by atoms with E-state index in [1.807, 2.05) is 6.20 Å². The number of aromatic nitrogens is 2. The monoisotopic (exact) mass is 335 g/mol. The highest BCUT2D eigenvalue weighted by atomic mass is 16.5. The normalized spacial score (nSPS) is 29.9. The van der Waals surface area contributed by atoms with Crippen LogP contribution in [0.2, 0.25) is 0 Å². The van der Waals surface area contributed by atoms with Crippen LogP contribution < -0.4 is 0 Å². The first kappa shape index (κ1) is 17.9. The highest BCUT2D eigenvalue weighted by molar-refractivity contribution is 5.16. The Bertz CT molecular complexity index is 539. The minimum atomic E-state index is -0.512. The third-order valence-corrected chi connectivity index (χ3v) is 6.18. The zero-order chi connectivity index (χ0) is 17.2. The van der Waals surface area contributed by atoms with E-state index in [0.29, 0.717) is 11.8 Å². The van der Waals surface area contributed by atoms with Crippen molar-refractivity contribution in [1.29, 1.82) is 0 Å². The molecule has 24 heavy (non-hydrogen) atoms. The molecule has 0 aliphatic carbocycles. The van der Waals surface area contributed by atoms with E-state index in [1.54, 1.807) is 0 Å². The Morgan fingerprint density at radius 3 is 2.79 bits per heavy atom. The number of aryl methyl sites for hydroxylation is 1. The van der Waals surface area contributed by atoms with Crippen molar-refractivity contribution in [2.75, 3.05) is 26.3 Å². The lowest BCUT2D eigenvalue weighted by Gasteiger charge is -2.48. The summed E-state index contributed by atoms with van der Waals surface area (Å²) in [6.45, 7) is 12.1. The van der Waals surface area contributed by atoms with Gasteiger partial charge in [-0.1, -0.05) is 13.8 Å². The first-order chi connectivity index (χ1) is 11.5. The molecular weight excluding hydrogens is 302 g/mol. The van der Waals surface area contributed by atoms with E-state index >= 15 is 0 Å². The van der Waals surface area contributed by atoms with Crippen molar-refractivity contribution < 1.29 is 9.84 Å². The summed E-state index contributed by atoms with van der Waals surface area (Å²) in [6.07, 6.45) is 6.02. The van der Waals surface area contributed by atoms with Crippen molar-refractivity contribution in [3.63, 3.8) is 0 Å². The molecule has 2 saturated heterocycles. The number of hydrogen-bond donors (Lipinski definition) is 1. The number of piperidine rings is 1. The standard InChI is InChI=1S/C19H33N3O2/c1-4-8-22-16(3)17(12-20-22)14-21-9-7-19(23,15(2)13-21)18-5-10-24-11-6-18/h12,15,18,23H,4-11,13-14H2,1-3H3. The van der Waals surface area contributed by atoms with Gasteiger partial charge in [0.1, 0.15) is 0 Å². The van der Waals surface area contributed by atoms with Crippen LogP contribution >= 0.6 is 0 Å². The molecule has 0 bridgehead atoms. The molecule has 2 atom stereocenters. The summed E-state index contributed by atoms with van der Waals surface area (Å²) in [7, 11) is 0. The Balaban J connectivity index is 1.61. The predicted octanol–water partition coefficient (Wildman–Crippen LogP) is 2.60. The van der Waals surface area contributed by atoms with E-state index in [2.05, 4.69) is 35.5 Å². The number of ether oxygens (including phenoxy) is 1. The quantitative estimate of drug-likeness (QED) is 0.899. The Hall–Kier alpha value is -0.910. The molecule has 2 fully saturated rings. The van der Waals surface area contributed by atoms with Gasteiger partial charge in [0, 0.05) is 50.7 Å². The van der Waals surface area contributed by atoms with Gasteiger partial charge in [-0.25, -0.2) is 0 Å².